The quantitative estimate of drug-likeness (QED) is 0.694. The van der Waals surface area contributed by atoms with Gasteiger partial charge in [0.05, 0.1) is 13.2 Å². The van der Waals surface area contributed by atoms with Gasteiger partial charge in [0.25, 0.3) is 0 Å². The number of rotatable bonds is 8. The summed E-state index contributed by atoms with van der Waals surface area (Å²) < 4.78 is 5.04. The summed E-state index contributed by atoms with van der Waals surface area (Å²) in [6, 6.07) is 0.466. The van der Waals surface area contributed by atoms with E-state index >= 15 is 0 Å². The van der Waals surface area contributed by atoms with Gasteiger partial charge in [-0.05, 0) is 52.6 Å². The molecule has 118 valence electrons. The summed E-state index contributed by atoms with van der Waals surface area (Å²) in [7, 11) is 1.65. The van der Waals surface area contributed by atoms with Crippen LogP contribution in [0.25, 0.3) is 0 Å². The molecule has 0 aromatic rings. The molecule has 20 heavy (non-hydrogen) atoms. The molecule has 0 aromatic carbocycles. The molecule has 1 aliphatic heterocycles. The number of carbonyl (C=O) groups excluding carboxylic acids is 1. The highest BCUT2D eigenvalue weighted by Gasteiger charge is 2.21. The molecular weight excluding hydrogens is 254 g/mol. The molecular formula is C15H31N3O2. The van der Waals surface area contributed by atoms with Gasteiger partial charge in [-0.15, -0.1) is 0 Å². The van der Waals surface area contributed by atoms with Gasteiger partial charge in [0.15, 0.2) is 0 Å². The Morgan fingerprint density at radius 2 is 2.00 bits per heavy atom. The molecule has 1 rings (SSSR count). The normalized spacial score (nSPS) is 18.5. The third-order valence-electron chi connectivity index (χ3n) is 3.85. The standard InChI is InChI=1S/C15H31N3O2/c1-12(2)18(9-14-5-7-16-8-6-14)10-15(19)17-13(3)11-20-4/h12-14,16H,5-11H2,1-4H3,(H,17,19). The van der Waals surface area contributed by atoms with E-state index < -0.39 is 0 Å². The molecule has 1 amide bonds. The smallest absolute Gasteiger partial charge is 0.234 e. The predicted molar refractivity (Wildman–Crippen MR) is 81.8 cm³/mol. The average Bonchev–Trinajstić information content (AvgIpc) is 2.39. The lowest BCUT2D eigenvalue weighted by Gasteiger charge is -2.32. The van der Waals surface area contributed by atoms with Crippen molar-refractivity contribution < 1.29 is 9.53 Å². The Hall–Kier alpha value is -0.650. The minimum Gasteiger partial charge on any atom is -0.383 e. The second-order valence-electron chi connectivity index (χ2n) is 6.14. The van der Waals surface area contributed by atoms with E-state index in [4.69, 9.17) is 4.74 Å². The zero-order chi connectivity index (χ0) is 15.0. The Balaban J connectivity index is 2.39. The molecule has 0 aliphatic carbocycles. The Kier molecular flexibility index (Phi) is 8.11. The van der Waals surface area contributed by atoms with Crippen LogP contribution in [0.15, 0.2) is 0 Å². The van der Waals surface area contributed by atoms with Crippen LogP contribution < -0.4 is 10.6 Å². The van der Waals surface area contributed by atoms with E-state index in [1.165, 1.54) is 12.8 Å². The van der Waals surface area contributed by atoms with Crippen molar-refractivity contribution in [3.8, 4) is 0 Å². The van der Waals surface area contributed by atoms with Crippen LogP contribution in [0.2, 0.25) is 0 Å². The van der Waals surface area contributed by atoms with Crippen molar-refractivity contribution in [2.75, 3.05) is 39.9 Å². The number of methoxy groups -OCH3 is 1. The topological polar surface area (TPSA) is 53.6 Å². The monoisotopic (exact) mass is 285 g/mol. The van der Waals surface area contributed by atoms with Crippen molar-refractivity contribution in [2.24, 2.45) is 5.92 Å². The molecule has 1 aliphatic rings. The summed E-state index contributed by atoms with van der Waals surface area (Å²) >= 11 is 0. The van der Waals surface area contributed by atoms with Crippen LogP contribution in [0, 0.1) is 5.92 Å². The van der Waals surface area contributed by atoms with Gasteiger partial charge in [-0.25, -0.2) is 0 Å². The third-order valence-corrected chi connectivity index (χ3v) is 3.85. The van der Waals surface area contributed by atoms with E-state index in [-0.39, 0.29) is 11.9 Å². The summed E-state index contributed by atoms with van der Waals surface area (Å²) in [6.45, 7) is 10.6. The van der Waals surface area contributed by atoms with Gasteiger partial charge in [-0.1, -0.05) is 0 Å². The van der Waals surface area contributed by atoms with Crippen molar-refractivity contribution >= 4 is 5.91 Å². The summed E-state index contributed by atoms with van der Waals surface area (Å²) in [5, 5.41) is 6.37. The van der Waals surface area contributed by atoms with Crippen molar-refractivity contribution in [1.29, 1.82) is 0 Å². The number of piperidine rings is 1. The Morgan fingerprint density at radius 1 is 1.35 bits per heavy atom. The fraction of sp³-hybridized carbons (Fsp3) is 0.933. The fourth-order valence-corrected chi connectivity index (χ4v) is 2.65. The maximum absolute atomic E-state index is 12.1. The highest BCUT2D eigenvalue weighted by molar-refractivity contribution is 5.78. The first-order chi connectivity index (χ1) is 9.52. The highest BCUT2D eigenvalue weighted by atomic mass is 16.5. The first kappa shape index (κ1) is 17.4. The number of nitrogens with zero attached hydrogens (tertiary/aromatic N) is 1. The molecule has 0 saturated carbocycles. The summed E-state index contributed by atoms with van der Waals surface area (Å²) in [5.41, 5.74) is 0. The third kappa shape index (κ3) is 6.68. The zero-order valence-electron chi connectivity index (χ0n) is 13.4. The van der Waals surface area contributed by atoms with Gasteiger partial charge in [0, 0.05) is 25.7 Å². The highest BCUT2D eigenvalue weighted by Crippen LogP contribution is 2.14. The van der Waals surface area contributed by atoms with Gasteiger partial charge in [0.1, 0.15) is 0 Å². The van der Waals surface area contributed by atoms with Crippen molar-refractivity contribution in [2.45, 2.75) is 45.7 Å². The van der Waals surface area contributed by atoms with Crippen LogP contribution in [0.5, 0.6) is 0 Å². The second-order valence-corrected chi connectivity index (χ2v) is 6.14. The lowest BCUT2D eigenvalue weighted by molar-refractivity contribution is -0.123. The van der Waals surface area contributed by atoms with Crippen LogP contribution >= 0.6 is 0 Å². The molecule has 0 aromatic heterocycles. The van der Waals surface area contributed by atoms with Crippen LogP contribution in [-0.4, -0.2) is 62.8 Å². The van der Waals surface area contributed by atoms with Crippen molar-refractivity contribution in [3.05, 3.63) is 0 Å². The van der Waals surface area contributed by atoms with E-state index in [1.807, 2.05) is 6.92 Å². The van der Waals surface area contributed by atoms with Gasteiger partial charge in [-0.3, -0.25) is 9.69 Å². The largest absolute Gasteiger partial charge is 0.383 e. The summed E-state index contributed by atoms with van der Waals surface area (Å²) in [4.78, 5) is 14.3. The first-order valence-corrected chi connectivity index (χ1v) is 7.76. The number of amides is 1. The van der Waals surface area contributed by atoms with E-state index in [9.17, 15) is 4.79 Å². The van der Waals surface area contributed by atoms with E-state index in [0.717, 1.165) is 19.6 Å². The Morgan fingerprint density at radius 3 is 2.55 bits per heavy atom. The number of carbonyl (C=O) groups is 1. The SMILES string of the molecule is COCC(C)NC(=O)CN(CC1CCNCC1)C(C)C. The number of ether oxygens (including phenoxy) is 1. The fourth-order valence-electron chi connectivity index (χ4n) is 2.65. The first-order valence-electron chi connectivity index (χ1n) is 7.76. The molecule has 0 spiro atoms. The van der Waals surface area contributed by atoms with Gasteiger partial charge < -0.3 is 15.4 Å². The summed E-state index contributed by atoms with van der Waals surface area (Å²) in [6.07, 6.45) is 2.43. The van der Waals surface area contributed by atoms with E-state index in [2.05, 4.69) is 29.4 Å². The van der Waals surface area contributed by atoms with Crippen molar-refractivity contribution in [1.82, 2.24) is 15.5 Å². The molecule has 1 fully saturated rings. The zero-order valence-corrected chi connectivity index (χ0v) is 13.4. The Bertz CT molecular complexity index is 278. The maximum Gasteiger partial charge on any atom is 0.234 e. The average molecular weight is 285 g/mol. The Labute approximate surface area is 123 Å². The molecule has 1 atom stereocenters. The lowest BCUT2D eigenvalue weighted by atomic mass is 9.97. The number of hydrogen-bond donors (Lipinski definition) is 2. The molecule has 5 nitrogen and oxygen atoms in total. The molecule has 2 N–H and O–H groups in total. The molecule has 1 unspecified atom stereocenters. The van der Waals surface area contributed by atoms with Crippen LogP contribution in [-0.2, 0) is 9.53 Å². The minimum absolute atomic E-state index is 0.0698. The molecule has 0 bridgehead atoms. The number of nitrogens with one attached hydrogen (secondary N) is 2. The number of hydrogen-bond acceptors (Lipinski definition) is 4. The molecule has 5 heteroatoms. The molecule has 1 saturated heterocycles. The van der Waals surface area contributed by atoms with Gasteiger partial charge in [0.2, 0.25) is 5.91 Å². The second kappa shape index (κ2) is 9.32. The predicted octanol–water partition coefficient (Wildman–Crippen LogP) is 0.848. The summed E-state index contributed by atoms with van der Waals surface area (Å²) in [5.74, 6) is 0.806. The molecule has 0 radical (unpaired) electrons. The minimum atomic E-state index is 0.0698. The van der Waals surface area contributed by atoms with Gasteiger partial charge >= 0.3 is 0 Å². The van der Waals surface area contributed by atoms with Crippen LogP contribution in [0.4, 0.5) is 0 Å². The van der Waals surface area contributed by atoms with Gasteiger partial charge in [-0.2, -0.15) is 0 Å². The molecule has 1 heterocycles. The van der Waals surface area contributed by atoms with E-state index in [1.54, 1.807) is 7.11 Å². The lowest BCUT2D eigenvalue weighted by Crippen LogP contribution is -2.47. The van der Waals surface area contributed by atoms with Crippen LogP contribution in [0.1, 0.15) is 33.6 Å². The maximum atomic E-state index is 12.1. The van der Waals surface area contributed by atoms with Crippen molar-refractivity contribution in [3.63, 3.8) is 0 Å². The van der Waals surface area contributed by atoms with Crippen LogP contribution in [0.3, 0.4) is 0 Å². The van der Waals surface area contributed by atoms with E-state index in [0.29, 0.717) is 25.1 Å².